The number of benzene rings is 1. The number of nitrogens with zero attached hydrogens (tertiary/aromatic N) is 1. The Morgan fingerprint density at radius 3 is 2.50 bits per heavy atom. The normalized spacial score (nSPS) is 11.1. The first-order valence-corrected chi connectivity index (χ1v) is 7.85. The van der Waals surface area contributed by atoms with Crippen LogP contribution in [-0.4, -0.2) is 19.1 Å². The highest BCUT2D eigenvalue weighted by atomic mass is 19.1. The van der Waals surface area contributed by atoms with E-state index in [1.807, 2.05) is 0 Å². The van der Waals surface area contributed by atoms with E-state index in [-0.39, 0.29) is 5.82 Å². The highest BCUT2D eigenvalue weighted by Crippen LogP contribution is 2.21. The Balaban J connectivity index is 2.85. The second-order valence-corrected chi connectivity index (χ2v) is 5.59. The minimum Gasteiger partial charge on any atom is -0.369 e. The van der Waals surface area contributed by atoms with Gasteiger partial charge in [0.25, 0.3) is 0 Å². The van der Waals surface area contributed by atoms with Crippen molar-refractivity contribution in [1.29, 1.82) is 0 Å². The van der Waals surface area contributed by atoms with Gasteiger partial charge in [0.2, 0.25) is 0 Å². The first-order valence-electron chi connectivity index (χ1n) is 7.85. The molecule has 2 nitrogen and oxygen atoms in total. The van der Waals surface area contributed by atoms with Crippen molar-refractivity contribution in [2.75, 3.05) is 18.0 Å². The minimum atomic E-state index is -0.142. The van der Waals surface area contributed by atoms with E-state index in [2.05, 4.69) is 44.0 Å². The van der Waals surface area contributed by atoms with E-state index < -0.39 is 0 Å². The minimum absolute atomic E-state index is 0.142. The quantitative estimate of drug-likeness (QED) is 0.677. The smallest absolute Gasteiger partial charge is 0.125 e. The maximum Gasteiger partial charge on any atom is 0.125 e. The van der Waals surface area contributed by atoms with Crippen LogP contribution in [0.5, 0.6) is 0 Å². The maximum atomic E-state index is 13.8. The average molecular weight is 280 g/mol. The molecule has 0 aliphatic rings. The standard InChI is InChI=1S/C17H29FN2/c1-5-7-8-9-20(14(3)4)17-11-15(13-19-6-2)10-16(18)12-17/h10-12,14,19H,5-9,13H2,1-4H3. The van der Waals surface area contributed by atoms with Crippen molar-refractivity contribution in [3.05, 3.63) is 29.6 Å². The highest BCUT2D eigenvalue weighted by Gasteiger charge is 2.12. The van der Waals surface area contributed by atoms with E-state index in [4.69, 9.17) is 0 Å². The SMILES string of the molecule is CCCCCN(c1cc(F)cc(CNCC)c1)C(C)C. The van der Waals surface area contributed by atoms with Gasteiger partial charge in [0.15, 0.2) is 0 Å². The summed E-state index contributed by atoms with van der Waals surface area (Å²) in [5, 5.41) is 3.25. The van der Waals surface area contributed by atoms with Gasteiger partial charge < -0.3 is 10.2 Å². The molecule has 114 valence electrons. The summed E-state index contributed by atoms with van der Waals surface area (Å²) in [6.45, 7) is 11.2. The molecule has 0 saturated heterocycles. The third-order valence-corrected chi connectivity index (χ3v) is 3.48. The fourth-order valence-corrected chi connectivity index (χ4v) is 2.39. The van der Waals surface area contributed by atoms with Crippen LogP contribution >= 0.6 is 0 Å². The molecule has 20 heavy (non-hydrogen) atoms. The summed E-state index contributed by atoms with van der Waals surface area (Å²) in [6.07, 6.45) is 3.59. The molecular formula is C17H29FN2. The first kappa shape index (κ1) is 17.0. The predicted molar refractivity (Wildman–Crippen MR) is 85.8 cm³/mol. The second kappa shape index (κ2) is 8.96. The molecule has 0 bridgehead atoms. The first-order chi connectivity index (χ1) is 9.58. The van der Waals surface area contributed by atoms with Gasteiger partial charge in [-0.05, 0) is 50.6 Å². The van der Waals surface area contributed by atoms with Crippen LogP contribution in [0, 0.1) is 5.82 Å². The van der Waals surface area contributed by atoms with Gasteiger partial charge in [-0.2, -0.15) is 0 Å². The number of hydrogen-bond donors (Lipinski definition) is 1. The zero-order chi connectivity index (χ0) is 15.0. The Morgan fingerprint density at radius 1 is 1.15 bits per heavy atom. The van der Waals surface area contributed by atoms with Crippen LogP contribution < -0.4 is 10.2 Å². The number of hydrogen-bond acceptors (Lipinski definition) is 2. The summed E-state index contributed by atoms with van der Waals surface area (Å²) >= 11 is 0. The summed E-state index contributed by atoms with van der Waals surface area (Å²) in [6, 6.07) is 5.77. The van der Waals surface area contributed by atoms with Gasteiger partial charge in [-0.25, -0.2) is 4.39 Å². The third kappa shape index (κ3) is 5.49. The van der Waals surface area contributed by atoms with Crippen molar-refractivity contribution in [3.63, 3.8) is 0 Å². The zero-order valence-electron chi connectivity index (χ0n) is 13.4. The lowest BCUT2D eigenvalue weighted by Crippen LogP contribution is -2.32. The monoisotopic (exact) mass is 280 g/mol. The van der Waals surface area contributed by atoms with Crippen LogP contribution in [0.1, 0.15) is 52.5 Å². The van der Waals surface area contributed by atoms with Gasteiger partial charge in [-0.3, -0.25) is 0 Å². The van der Waals surface area contributed by atoms with Crippen LogP contribution in [-0.2, 0) is 6.54 Å². The van der Waals surface area contributed by atoms with E-state index >= 15 is 0 Å². The average Bonchev–Trinajstić information content (AvgIpc) is 2.40. The van der Waals surface area contributed by atoms with E-state index in [0.717, 1.165) is 37.3 Å². The van der Waals surface area contributed by atoms with Crippen LogP contribution in [0.15, 0.2) is 18.2 Å². The molecule has 1 aromatic rings. The molecule has 0 aliphatic carbocycles. The Kier molecular flexibility index (Phi) is 7.60. The van der Waals surface area contributed by atoms with Gasteiger partial charge in [-0.15, -0.1) is 0 Å². The molecule has 0 fully saturated rings. The lowest BCUT2D eigenvalue weighted by atomic mass is 10.1. The Bertz CT molecular complexity index is 391. The van der Waals surface area contributed by atoms with Gasteiger partial charge in [-0.1, -0.05) is 26.7 Å². The molecule has 0 spiro atoms. The molecule has 0 unspecified atom stereocenters. The number of nitrogens with one attached hydrogen (secondary N) is 1. The molecule has 0 aromatic heterocycles. The molecule has 1 aromatic carbocycles. The molecule has 1 N–H and O–H groups in total. The van der Waals surface area contributed by atoms with E-state index in [1.165, 1.54) is 12.8 Å². The molecule has 1 rings (SSSR count). The lowest BCUT2D eigenvalue weighted by Gasteiger charge is -2.29. The molecule has 0 radical (unpaired) electrons. The number of rotatable bonds is 9. The number of halogens is 1. The van der Waals surface area contributed by atoms with Crippen molar-refractivity contribution >= 4 is 5.69 Å². The Morgan fingerprint density at radius 2 is 1.90 bits per heavy atom. The Labute approximate surface area is 123 Å². The van der Waals surface area contributed by atoms with Crippen LogP contribution in [0.3, 0.4) is 0 Å². The summed E-state index contributed by atoms with van der Waals surface area (Å²) < 4.78 is 13.8. The van der Waals surface area contributed by atoms with Crippen molar-refractivity contribution in [2.45, 2.75) is 59.5 Å². The molecule has 0 heterocycles. The second-order valence-electron chi connectivity index (χ2n) is 5.59. The maximum absolute atomic E-state index is 13.8. The molecule has 0 aliphatic heterocycles. The topological polar surface area (TPSA) is 15.3 Å². The highest BCUT2D eigenvalue weighted by molar-refractivity contribution is 5.49. The van der Waals surface area contributed by atoms with Crippen LogP contribution in [0.2, 0.25) is 0 Å². The lowest BCUT2D eigenvalue weighted by molar-refractivity contribution is 0.606. The van der Waals surface area contributed by atoms with E-state index in [0.29, 0.717) is 6.04 Å². The number of unbranched alkanes of at least 4 members (excludes halogenated alkanes) is 2. The van der Waals surface area contributed by atoms with Crippen molar-refractivity contribution in [3.8, 4) is 0 Å². The summed E-state index contributed by atoms with van der Waals surface area (Å²) in [7, 11) is 0. The van der Waals surface area contributed by atoms with Crippen molar-refractivity contribution in [1.82, 2.24) is 5.32 Å². The third-order valence-electron chi connectivity index (χ3n) is 3.48. The molecular weight excluding hydrogens is 251 g/mol. The number of anilines is 1. The molecule has 3 heteroatoms. The van der Waals surface area contributed by atoms with E-state index in [9.17, 15) is 4.39 Å². The Hall–Kier alpha value is -1.09. The molecule has 0 saturated carbocycles. The largest absolute Gasteiger partial charge is 0.369 e. The predicted octanol–water partition coefficient (Wildman–Crippen LogP) is 4.34. The zero-order valence-corrected chi connectivity index (χ0v) is 13.4. The molecule has 0 amide bonds. The molecule has 0 atom stereocenters. The summed E-state index contributed by atoms with van der Waals surface area (Å²) in [4.78, 5) is 2.30. The van der Waals surface area contributed by atoms with Gasteiger partial charge in [0.05, 0.1) is 0 Å². The van der Waals surface area contributed by atoms with Crippen molar-refractivity contribution < 1.29 is 4.39 Å². The van der Waals surface area contributed by atoms with Gasteiger partial charge in [0, 0.05) is 24.8 Å². The summed E-state index contributed by atoms with van der Waals surface area (Å²) in [5.74, 6) is -0.142. The summed E-state index contributed by atoms with van der Waals surface area (Å²) in [5.41, 5.74) is 2.02. The van der Waals surface area contributed by atoms with Crippen LogP contribution in [0.25, 0.3) is 0 Å². The van der Waals surface area contributed by atoms with Gasteiger partial charge in [0.1, 0.15) is 5.82 Å². The van der Waals surface area contributed by atoms with Gasteiger partial charge >= 0.3 is 0 Å². The fraction of sp³-hybridized carbons (Fsp3) is 0.647. The van der Waals surface area contributed by atoms with E-state index in [1.54, 1.807) is 12.1 Å². The van der Waals surface area contributed by atoms with Crippen LogP contribution in [0.4, 0.5) is 10.1 Å². The van der Waals surface area contributed by atoms with Crippen molar-refractivity contribution in [2.24, 2.45) is 0 Å². The fourth-order valence-electron chi connectivity index (χ4n) is 2.39.